The molecule has 3 nitrogen and oxygen atoms in total. The Bertz CT molecular complexity index is 1660. The highest BCUT2D eigenvalue weighted by molar-refractivity contribution is 6.13. The standard InChI is InChI=1S/C29H21N3/c1-2-9-21(10-3-1)32-25-13-5-4-12-23(25)29-24-15-17-31(22-11-7-16-30-19-22)26-14-6-8-20(28(24)26)18-27(29)32/h1-5,7-13,15-19H,6,14H2. The monoisotopic (exact) mass is 411 g/mol. The van der Waals surface area contributed by atoms with Crippen molar-refractivity contribution in [3.63, 3.8) is 0 Å². The van der Waals surface area contributed by atoms with Crippen LogP contribution in [0.1, 0.15) is 18.4 Å². The molecule has 0 unspecified atom stereocenters. The Morgan fingerprint density at radius 2 is 1.66 bits per heavy atom. The molecule has 3 heteroatoms. The fraction of sp³-hybridized carbons (Fsp3) is 0.0690. The smallest absolute Gasteiger partial charge is 0.0636 e. The second-order valence-electron chi connectivity index (χ2n) is 8.42. The molecule has 2 aliphatic rings. The number of anilines is 1. The minimum atomic E-state index is 1.03. The second kappa shape index (κ2) is 6.69. The SMILES string of the molecule is C1=CN(c2cccnc2)C2=c3c1c1c4ccccc4n(-c4ccccc4)c1cc3=CCC2. The molecule has 0 saturated heterocycles. The van der Waals surface area contributed by atoms with Gasteiger partial charge in [0.25, 0.3) is 0 Å². The van der Waals surface area contributed by atoms with Crippen molar-refractivity contribution in [1.82, 2.24) is 9.55 Å². The Morgan fingerprint density at radius 1 is 0.812 bits per heavy atom. The van der Waals surface area contributed by atoms with Crippen LogP contribution in [0, 0.1) is 0 Å². The average Bonchev–Trinajstić information content (AvgIpc) is 3.19. The fourth-order valence-corrected chi connectivity index (χ4v) is 5.39. The van der Waals surface area contributed by atoms with Gasteiger partial charge < -0.3 is 9.47 Å². The van der Waals surface area contributed by atoms with E-state index in [0.29, 0.717) is 0 Å². The third-order valence-electron chi connectivity index (χ3n) is 6.68. The number of benzene rings is 3. The first-order valence-corrected chi connectivity index (χ1v) is 11.1. The van der Waals surface area contributed by atoms with E-state index in [0.717, 1.165) is 18.5 Å². The molecule has 0 radical (unpaired) electrons. The summed E-state index contributed by atoms with van der Waals surface area (Å²) in [4.78, 5) is 6.67. The van der Waals surface area contributed by atoms with Gasteiger partial charge >= 0.3 is 0 Å². The van der Waals surface area contributed by atoms with Crippen molar-refractivity contribution in [3.8, 4) is 5.69 Å². The number of hydrogen-bond donors (Lipinski definition) is 0. The van der Waals surface area contributed by atoms with E-state index in [1.807, 2.05) is 18.5 Å². The second-order valence-corrected chi connectivity index (χ2v) is 8.42. The molecular weight excluding hydrogens is 390 g/mol. The van der Waals surface area contributed by atoms with Crippen molar-refractivity contribution < 1.29 is 0 Å². The van der Waals surface area contributed by atoms with E-state index in [1.54, 1.807) is 0 Å². The minimum Gasteiger partial charge on any atom is -0.319 e. The molecule has 32 heavy (non-hydrogen) atoms. The van der Waals surface area contributed by atoms with Crippen LogP contribution in [0.2, 0.25) is 0 Å². The molecule has 1 aliphatic carbocycles. The van der Waals surface area contributed by atoms with Crippen LogP contribution in [-0.2, 0) is 0 Å². The third-order valence-corrected chi connectivity index (χ3v) is 6.68. The van der Waals surface area contributed by atoms with Gasteiger partial charge in [0.05, 0.1) is 22.9 Å². The lowest BCUT2D eigenvalue weighted by atomic mass is 9.93. The highest BCUT2D eigenvalue weighted by atomic mass is 15.1. The van der Waals surface area contributed by atoms with E-state index in [4.69, 9.17) is 0 Å². The largest absolute Gasteiger partial charge is 0.319 e. The summed E-state index contributed by atoms with van der Waals surface area (Å²) in [5.41, 5.74) is 7.52. The van der Waals surface area contributed by atoms with Gasteiger partial charge in [-0.05, 0) is 66.1 Å². The number of pyridine rings is 1. The van der Waals surface area contributed by atoms with Gasteiger partial charge in [0.1, 0.15) is 0 Å². The van der Waals surface area contributed by atoms with Gasteiger partial charge in [0, 0.05) is 39.8 Å². The maximum absolute atomic E-state index is 4.35. The highest BCUT2D eigenvalue weighted by Gasteiger charge is 2.23. The summed E-state index contributed by atoms with van der Waals surface area (Å²) in [5, 5.41) is 5.32. The molecule has 0 spiro atoms. The molecule has 3 heterocycles. The summed E-state index contributed by atoms with van der Waals surface area (Å²) in [6.45, 7) is 0. The summed E-state index contributed by atoms with van der Waals surface area (Å²) in [6, 6.07) is 26.0. The summed E-state index contributed by atoms with van der Waals surface area (Å²) in [7, 11) is 0. The lowest BCUT2D eigenvalue weighted by Gasteiger charge is -2.29. The van der Waals surface area contributed by atoms with E-state index >= 15 is 0 Å². The zero-order valence-corrected chi connectivity index (χ0v) is 17.6. The Labute approximate surface area is 185 Å². The maximum atomic E-state index is 4.35. The lowest BCUT2D eigenvalue weighted by Crippen LogP contribution is -2.39. The zero-order valence-electron chi connectivity index (χ0n) is 17.6. The number of fused-ring (bicyclic) bond motifs is 4. The number of para-hydroxylation sites is 2. The Hall–Kier alpha value is -4.11. The molecule has 0 saturated carbocycles. The van der Waals surface area contributed by atoms with Gasteiger partial charge in [-0.15, -0.1) is 0 Å². The molecule has 152 valence electrons. The first-order valence-electron chi connectivity index (χ1n) is 11.1. The van der Waals surface area contributed by atoms with Crippen molar-refractivity contribution in [3.05, 3.63) is 107 Å². The van der Waals surface area contributed by atoms with Crippen LogP contribution in [0.3, 0.4) is 0 Å². The molecule has 7 rings (SSSR count). The van der Waals surface area contributed by atoms with Crippen LogP contribution in [-0.4, -0.2) is 9.55 Å². The molecule has 1 aliphatic heterocycles. The summed E-state index contributed by atoms with van der Waals surface area (Å²) >= 11 is 0. The van der Waals surface area contributed by atoms with Crippen LogP contribution >= 0.6 is 0 Å². The lowest BCUT2D eigenvalue weighted by molar-refractivity contribution is 1.02. The topological polar surface area (TPSA) is 21.1 Å². The number of hydrogen-bond acceptors (Lipinski definition) is 2. The van der Waals surface area contributed by atoms with E-state index in [1.165, 1.54) is 49.2 Å². The first-order chi connectivity index (χ1) is 15.9. The predicted octanol–water partition coefficient (Wildman–Crippen LogP) is 5.35. The van der Waals surface area contributed by atoms with Crippen LogP contribution < -0.4 is 15.3 Å². The molecule has 0 N–H and O–H groups in total. The quantitative estimate of drug-likeness (QED) is 0.390. The van der Waals surface area contributed by atoms with Crippen LogP contribution in [0.25, 0.3) is 45.3 Å². The van der Waals surface area contributed by atoms with Crippen LogP contribution in [0.4, 0.5) is 5.69 Å². The number of nitrogens with zero attached hydrogens (tertiary/aromatic N) is 3. The Balaban J connectivity index is 1.65. The van der Waals surface area contributed by atoms with Gasteiger partial charge in [-0.3, -0.25) is 4.98 Å². The maximum Gasteiger partial charge on any atom is 0.0636 e. The zero-order chi connectivity index (χ0) is 21.1. The van der Waals surface area contributed by atoms with Gasteiger partial charge in [-0.2, -0.15) is 0 Å². The highest BCUT2D eigenvalue weighted by Crippen LogP contribution is 2.35. The summed E-state index contributed by atoms with van der Waals surface area (Å²) in [6.07, 6.45) is 12.8. The van der Waals surface area contributed by atoms with Gasteiger partial charge in [0.15, 0.2) is 0 Å². The van der Waals surface area contributed by atoms with Crippen LogP contribution in [0.15, 0.2) is 91.4 Å². The van der Waals surface area contributed by atoms with E-state index in [9.17, 15) is 0 Å². The van der Waals surface area contributed by atoms with Crippen molar-refractivity contribution in [2.75, 3.05) is 4.90 Å². The first kappa shape index (κ1) is 17.6. The third kappa shape index (κ3) is 2.39. The Morgan fingerprint density at radius 3 is 2.53 bits per heavy atom. The number of aromatic nitrogens is 2. The normalized spacial score (nSPS) is 14.6. The molecule has 5 aromatic rings. The van der Waals surface area contributed by atoms with Crippen molar-refractivity contribution in [1.29, 1.82) is 0 Å². The molecule has 2 aromatic heterocycles. The molecule has 0 fully saturated rings. The molecule has 0 amide bonds. The van der Waals surface area contributed by atoms with Crippen LogP contribution in [0.5, 0.6) is 0 Å². The average molecular weight is 412 g/mol. The summed E-state index contributed by atoms with van der Waals surface area (Å²) in [5.74, 6) is 0. The van der Waals surface area contributed by atoms with Gasteiger partial charge in [-0.1, -0.05) is 42.5 Å². The van der Waals surface area contributed by atoms with Gasteiger partial charge in [-0.25, -0.2) is 0 Å². The van der Waals surface area contributed by atoms with E-state index < -0.39 is 0 Å². The van der Waals surface area contributed by atoms with E-state index in [2.05, 4.69) is 99.5 Å². The number of rotatable bonds is 2. The molecule has 0 atom stereocenters. The van der Waals surface area contributed by atoms with Crippen molar-refractivity contribution >= 4 is 45.3 Å². The predicted molar refractivity (Wildman–Crippen MR) is 133 cm³/mol. The molecule has 3 aromatic carbocycles. The Kier molecular flexibility index (Phi) is 3.67. The molecule has 0 bridgehead atoms. The van der Waals surface area contributed by atoms with Crippen molar-refractivity contribution in [2.45, 2.75) is 12.8 Å². The van der Waals surface area contributed by atoms with Crippen molar-refractivity contribution in [2.24, 2.45) is 0 Å². The van der Waals surface area contributed by atoms with Gasteiger partial charge in [0.2, 0.25) is 0 Å². The summed E-state index contributed by atoms with van der Waals surface area (Å²) < 4.78 is 2.41. The minimum absolute atomic E-state index is 1.03. The molecular formula is C29H21N3. The van der Waals surface area contributed by atoms with E-state index in [-0.39, 0.29) is 0 Å². The fourth-order valence-electron chi connectivity index (χ4n) is 5.39.